The molecular formula is C16H17F2N3O5. The van der Waals surface area contributed by atoms with E-state index in [2.05, 4.69) is 10.1 Å². The van der Waals surface area contributed by atoms with Gasteiger partial charge in [0.25, 0.3) is 0 Å². The number of aliphatic hydroxyl groups is 1. The van der Waals surface area contributed by atoms with E-state index in [4.69, 9.17) is 5.11 Å². The number of nitrogens with zero attached hydrogens (tertiary/aromatic N) is 2. The second-order valence-corrected chi connectivity index (χ2v) is 5.88. The summed E-state index contributed by atoms with van der Waals surface area (Å²) in [4.78, 5) is 38.5. The summed E-state index contributed by atoms with van der Waals surface area (Å²) in [5.41, 5.74) is 0.0527. The monoisotopic (exact) mass is 369 g/mol. The standard InChI is InChI=1S/C16H17F2N3O5/c17-16(18)15(25)21(10-3-1-2-4-12(10)26-16)9-13(23)20-7-6-19-14(24)11(20)5-8-22/h1-4,11,22H,5-9H2,(H,19,24). The number of carbonyl (C=O) groups excluding carboxylic acids is 3. The number of hydrogen-bond donors (Lipinski definition) is 2. The summed E-state index contributed by atoms with van der Waals surface area (Å²) in [6.45, 7) is -0.620. The number of fused-ring (bicyclic) bond motifs is 1. The van der Waals surface area contributed by atoms with Crippen LogP contribution in [0.15, 0.2) is 24.3 Å². The van der Waals surface area contributed by atoms with Gasteiger partial charge in [0.05, 0.1) is 5.69 Å². The van der Waals surface area contributed by atoms with E-state index in [0.29, 0.717) is 4.90 Å². The van der Waals surface area contributed by atoms with Crippen LogP contribution in [-0.4, -0.2) is 66.1 Å². The number of aliphatic hydroxyl groups excluding tert-OH is 1. The zero-order valence-electron chi connectivity index (χ0n) is 13.7. The molecule has 0 bridgehead atoms. The fraction of sp³-hybridized carbons (Fsp3) is 0.438. The van der Waals surface area contributed by atoms with Crippen molar-refractivity contribution in [2.75, 3.05) is 31.1 Å². The van der Waals surface area contributed by atoms with Crippen molar-refractivity contribution in [3.63, 3.8) is 0 Å². The van der Waals surface area contributed by atoms with Crippen LogP contribution < -0.4 is 15.0 Å². The van der Waals surface area contributed by atoms with Crippen LogP contribution in [0.25, 0.3) is 0 Å². The Morgan fingerprint density at radius 2 is 2.08 bits per heavy atom. The van der Waals surface area contributed by atoms with Gasteiger partial charge in [-0.15, -0.1) is 0 Å². The molecule has 0 saturated carbocycles. The van der Waals surface area contributed by atoms with Gasteiger partial charge in [0, 0.05) is 19.7 Å². The number of nitrogens with one attached hydrogen (secondary N) is 1. The highest BCUT2D eigenvalue weighted by Crippen LogP contribution is 2.38. The number of carbonyl (C=O) groups is 3. The van der Waals surface area contributed by atoms with Gasteiger partial charge < -0.3 is 20.1 Å². The number of amides is 3. The molecule has 2 aliphatic heterocycles. The summed E-state index contributed by atoms with van der Waals surface area (Å²) in [5, 5.41) is 11.7. The Morgan fingerprint density at radius 3 is 2.81 bits per heavy atom. The number of para-hydroxylation sites is 2. The number of alkyl halides is 2. The summed E-state index contributed by atoms with van der Waals surface area (Å²) in [7, 11) is 0. The third kappa shape index (κ3) is 3.19. The molecule has 1 saturated heterocycles. The van der Waals surface area contributed by atoms with Crippen molar-refractivity contribution in [1.29, 1.82) is 0 Å². The molecule has 3 rings (SSSR count). The van der Waals surface area contributed by atoms with Gasteiger partial charge in [0.15, 0.2) is 5.75 Å². The first-order valence-electron chi connectivity index (χ1n) is 8.01. The maximum Gasteiger partial charge on any atom is 0.482 e. The van der Waals surface area contributed by atoms with Crippen LogP contribution in [0.2, 0.25) is 0 Å². The van der Waals surface area contributed by atoms with Crippen molar-refractivity contribution < 1.29 is 33.0 Å². The van der Waals surface area contributed by atoms with Crippen molar-refractivity contribution in [1.82, 2.24) is 10.2 Å². The molecule has 2 N–H and O–H groups in total. The Hall–Kier alpha value is -2.75. The van der Waals surface area contributed by atoms with Crippen LogP contribution in [0.4, 0.5) is 14.5 Å². The smallest absolute Gasteiger partial charge is 0.423 e. The highest BCUT2D eigenvalue weighted by molar-refractivity contribution is 6.05. The van der Waals surface area contributed by atoms with E-state index in [-0.39, 0.29) is 37.6 Å². The molecule has 0 spiro atoms. The second-order valence-electron chi connectivity index (χ2n) is 5.88. The third-order valence-corrected chi connectivity index (χ3v) is 4.24. The summed E-state index contributed by atoms with van der Waals surface area (Å²) >= 11 is 0. The first-order chi connectivity index (χ1) is 12.3. The molecule has 1 fully saturated rings. The molecule has 1 atom stereocenters. The van der Waals surface area contributed by atoms with Crippen molar-refractivity contribution in [2.24, 2.45) is 0 Å². The van der Waals surface area contributed by atoms with Gasteiger partial charge in [0.1, 0.15) is 12.6 Å². The average Bonchev–Trinajstić information content (AvgIpc) is 2.60. The molecule has 3 amide bonds. The van der Waals surface area contributed by atoms with E-state index in [1.54, 1.807) is 0 Å². The zero-order valence-corrected chi connectivity index (χ0v) is 13.7. The zero-order chi connectivity index (χ0) is 18.9. The van der Waals surface area contributed by atoms with Crippen LogP contribution in [0.3, 0.4) is 0 Å². The lowest BCUT2D eigenvalue weighted by Crippen LogP contribution is -2.60. The van der Waals surface area contributed by atoms with Crippen molar-refractivity contribution >= 4 is 23.4 Å². The van der Waals surface area contributed by atoms with Gasteiger partial charge in [-0.2, -0.15) is 8.78 Å². The van der Waals surface area contributed by atoms with Gasteiger partial charge in [-0.25, -0.2) is 0 Å². The molecule has 140 valence electrons. The second kappa shape index (κ2) is 6.87. The minimum atomic E-state index is -4.08. The maximum atomic E-state index is 13.8. The molecular weight excluding hydrogens is 352 g/mol. The van der Waals surface area contributed by atoms with Crippen LogP contribution in [0, 0.1) is 0 Å². The SMILES string of the molecule is O=C1NCCN(C(=O)CN2C(=O)C(F)(F)Oc3ccccc32)C1CCO. The molecule has 10 heteroatoms. The van der Waals surface area contributed by atoms with E-state index in [1.807, 2.05) is 0 Å². The molecule has 1 aromatic carbocycles. The van der Waals surface area contributed by atoms with Crippen molar-refractivity contribution in [3.8, 4) is 5.75 Å². The average molecular weight is 369 g/mol. The maximum absolute atomic E-state index is 13.8. The van der Waals surface area contributed by atoms with Gasteiger partial charge in [0.2, 0.25) is 11.8 Å². The predicted molar refractivity (Wildman–Crippen MR) is 84.6 cm³/mol. The number of anilines is 1. The van der Waals surface area contributed by atoms with Crippen LogP contribution in [-0.2, 0) is 14.4 Å². The van der Waals surface area contributed by atoms with E-state index >= 15 is 0 Å². The van der Waals surface area contributed by atoms with Gasteiger partial charge in [-0.1, -0.05) is 12.1 Å². The number of halogens is 2. The topological polar surface area (TPSA) is 99.2 Å². The van der Waals surface area contributed by atoms with Crippen molar-refractivity contribution in [3.05, 3.63) is 24.3 Å². The fourth-order valence-corrected chi connectivity index (χ4v) is 3.02. The lowest BCUT2D eigenvalue weighted by Gasteiger charge is -2.38. The number of ether oxygens (including phenoxy) is 1. The van der Waals surface area contributed by atoms with Gasteiger partial charge in [-0.3, -0.25) is 19.3 Å². The lowest BCUT2D eigenvalue weighted by atomic mass is 10.1. The van der Waals surface area contributed by atoms with Gasteiger partial charge in [-0.05, 0) is 18.6 Å². The van der Waals surface area contributed by atoms with E-state index in [0.717, 1.165) is 0 Å². The molecule has 0 aromatic heterocycles. The Morgan fingerprint density at radius 1 is 1.35 bits per heavy atom. The first-order valence-corrected chi connectivity index (χ1v) is 8.01. The van der Waals surface area contributed by atoms with Crippen LogP contribution in [0.1, 0.15) is 6.42 Å². The molecule has 1 aromatic rings. The van der Waals surface area contributed by atoms with E-state index < -0.39 is 36.4 Å². The largest absolute Gasteiger partial charge is 0.482 e. The molecule has 0 aliphatic carbocycles. The highest BCUT2D eigenvalue weighted by Gasteiger charge is 2.51. The molecule has 2 heterocycles. The molecule has 8 nitrogen and oxygen atoms in total. The first kappa shape index (κ1) is 18.1. The van der Waals surface area contributed by atoms with Crippen molar-refractivity contribution in [2.45, 2.75) is 18.6 Å². The number of benzene rings is 1. The van der Waals surface area contributed by atoms with E-state index in [1.165, 1.54) is 29.2 Å². The van der Waals surface area contributed by atoms with Crippen LogP contribution in [0.5, 0.6) is 5.75 Å². The van der Waals surface area contributed by atoms with E-state index in [9.17, 15) is 23.2 Å². The number of hydrogen-bond acceptors (Lipinski definition) is 5. The summed E-state index contributed by atoms with van der Waals surface area (Å²) in [6.07, 6.45) is -4.07. The Labute approximate surface area is 147 Å². The highest BCUT2D eigenvalue weighted by atomic mass is 19.3. The normalized spacial score (nSPS) is 21.7. The fourth-order valence-electron chi connectivity index (χ4n) is 3.02. The van der Waals surface area contributed by atoms with Gasteiger partial charge >= 0.3 is 12.0 Å². The summed E-state index contributed by atoms with van der Waals surface area (Å²) < 4.78 is 32.1. The third-order valence-electron chi connectivity index (χ3n) is 4.24. The predicted octanol–water partition coefficient (Wildman–Crippen LogP) is -0.286. The Bertz CT molecular complexity index is 742. The van der Waals surface area contributed by atoms with Crippen LogP contribution >= 0.6 is 0 Å². The Balaban J connectivity index is 1.86. The number of piperazine rings is 1. The minimum absolute atomic E-state index is 0.0153. The quantitative estimate of drug-likeness (QED) is 0.760. The lowest BCUT2D eigenvalue weighted by molar-refractivity contribution is -0.193. The number of rotatable bonds is 4. The molecule has 1 unspecified atom stereocenters. The summed E-state index contributed by atoms with van der Waals surface area (Å²) in [5.74, 6) is -2.96. The minimum Gasteiger partial charge on any atom is -0.423 e. The molecule has 26 heavy (non-hydrogen) atoms. The molecule has 0 radical (unpaired) electrons. The summed E-state index contributed by atoms with van der Waals surface area (Å²) in [6, 6.07) is 4.75. The molecule has 2 aliphatic rings. The Kier molecular flexibility index (Phi) is 4.77.